The van der Waals surface area contributed by atoms with Gasteiger partial charge in [0.25, 0.3) is 5.69 Å². The van der Waals surface area contributed by atoms with Crippen LogP contribution in [-0.4, -0.2) is 55.8 Å². The molecule has 116 valence electrons. The van der Waals surface area contributed by atoms with E-state index in [2.05, 4.69) is 11.8 Å². The highest BCUT2D eigenvalue weighted by molar-refractivity contribution is 5.52. The molecule has 2 rings (SSSR count). The largest absolute Gasteiger partial charge is 0.383 e. The molecule has 0 amide bonds. The molecule has 1 atom stereocenters. The van der Waals surface area contributed by atoms with Gasteiger partial charge in [0.05, 0.1) is 23.3 Å². The molecule has 0 bridgehead atoms. The van der Waals surface area contributed by atoms with Crippen molar-refractivity contribution in [1.29, 1.82) is 0 Å². The molecule has 0 unspecified atom stereocenters. The van der Waals surface area contributed by atoms with Crippen molar-refractivity contribution in [3.05, 3.63) is 34.1 Å². The average Bonchev–Trinajstić information content (AvgIpc) is 2.47. The highest BCUT2D eigenvalue weighted by atomic mass is 19.1. The molecule has 0 aromatic heterocycles. The average molecular weight is 297 g/mol. The molecule has 1 aliphatic rings. The van der Waals surface area contributed by atoms with Crippen molar-refractivity contribution >= 4 is 11.4 Å². The minimum atomic E-state index is -0.586. The second-order valence-corrected chi connectivity index (χ2v) is 5.22. The molecular formula is C14H20FN3O3. The first-order valence-corrected chi connectivity index (χ1v) is 6.95. The lowest BCUT2D eigenvalue weighted by Gasteiger charge is -2.38. The first-order valence-electron chi connectivity index (χ1n) is 6.95. The molecule has 1 aromatic carbocycles. The summed E-state index contributed by atoms with van der Waals surface area (Å²) in [4.78, 5) is 14.3. The van der Waals surface area contributed by atoms with Gasteiger partial charge < -0.3 is 9.64 Å². The highest BCUT2D eigenvalue weighted by Crippen LogP contribution is 2.25. The molecule has 7 heteroatoms. The summed E-state index contributed by atoms with van der Waals surface area (Å²) in [5.41, 5.74) is 0.211. The number of halogens is 1. The normalized spacial score (nSPS) is 17.8. The lowest BCUT2D eigenvalue weighted by Crippen LogP contribution is -2.50. The topological polar surface area (TPSA) is 58.8 Å². The van der Waals surface area contributed by atoms with Crippen molar-refractivity contribution in [3.63, 3.8) is 0 Å². The van der Waals surface area contributed by atoms with Crippen LogP contribution in [0.2, 0.25) is 0 Å². The maximum atomic E-state index is 14.0. The van der Waals surface area contributed by atoms with E-state index < -0.39 is 10.7 Å². The second kappa shape index (κ2) is 6.82. The van der Waals surface area contributed by atoms with Crippen LogP contribution in [0.1, 0.15) is 6.92 Å². The fourth-order valence-corrected chi connectivity index (χ4v) is 2.62. The molecule has 6 nitrogen and oxygen atoms in total. The monoisotopic (exact) mass is 297 g/mol. The van der Waals surface area contributed by atoms with Crippen molar-refractivity contribution in [2.45, 2.75) is 13.0 Å². The predicted octanol–water partition coefficient (Wildman–Crippen LogP) is 1.89. The molecular weight excluding hydrogens is 277 g/mol. The summed E-state index contributed by atoms with van der Waals surface area (Å²) in [5.74, 6) is -0.539. The van der Waals surface area contributed by atoms with Crippen LogP contribution in [0, 0.1) is 15.9 Å². The summed E-state index contributed by atoms with van der Waals surface area (Å²) >= 11 is 0. The van der Waals surface area contributed by atoms with E-state index in [-0.39, 0.29) is 5.69 Å². The van der Waals surface area contributed by atoms with E-state index in [0.717, 1.165) is 19.2 Å². The maximum absolute atomic E-state index is 14.0. The Balaban J connectivity index is 2.00. The number of anilines is 1. The minimum absolute atomic E-state index is 0.219. The Kier molecular flexibility index (Phi) is 5.08. The van der Waals surface area contributed by atoms with E-state index in [0.29, 0.717) is 31.4 Å². The van der Waals surface area contributed by atoms with Crippen LogP contribution in [0.5, 0.6) is 0 Å². The lowest BCUT2D eigenvalue weighted by atomic mass is 10.2. The van der Waals surface area contributed by atoms with Gasteiger partial charge in [-0.25, -0.2) is 4.39 Å². The molecule has 1 saturated heterocycles. The highest BCUT2D eigenvalue weighted by Gasteiger charge is 2.23. The smallest absolute Gasteiger partial charge is 0.272 e. The molecule has 21 heavy (non-hydrogen) atoms. The number of rotatable bonds is 5. The van der Waals surface area contributed by atoms with Crippen molar-refractivity contribution < 1.29 is 14.1 Å². The number of nitro groups is 1. The number of ether oxygens (including phenoxy) is 1. The first-order chi connectivity index (χ1) is 10.0. The number of hydrogen-bond acceptors (Lipinski definition) is 5. The van der Waals surface area contributed by atoms with Crippen molar-refractivity contribution in [2.75, 3.05) is 44.8 Å². The summed E-state index contributed by atoms with van der Waals surface area (Å²) in [6.07, 6.45) is 0. The van der Waals surface area contributed by atoms with Gasteiger partial charge in [0.2, 0.25) is 0 Å². The summed E-state index contributed by atoms with van der Waals surface area (Å²) in [6, 6.07) is 4.15. The number of non-ortho nitro benzene ring substituents is 1. The Morgan fingerprint density at radius 3 is 2.57 bits per heavy atom. The van der Waals surface area contributed by atoms with Gasteiger partial charge in [-0.05, 0) is 13.0 Å². The van der Waals surface area contributed by atoms with Crippen molar-refractivity contribution in [3.8, 4) is 0 Å². The Labute approximate surface area is 123 Å². The summed E-state index contributed by atoms with van der Waals surface area (Å²) in [6.45, 7) is 5.81. The first kappa shape index (κ1) is 15.7. The fraction of sp³-hybridized carbons (Fsp3) is 0.571. The zero-order valence-corrected chi connectivity index (χ0v) is 12.3. The third-order valence-electron chi connectivity index (χ3n) is 3.83. The number of methoxy groups -OCH3 is 1. The van der Waals surface area contributed by atoms with Crippen LogP contribution < -0.4 is 4.90 Å². The lowest BCUT2D eigenvalue weighted by molar-refractivity contribution is -0.385. The molecule has 1 aliphatic heterocycles. The molecule has 0 saturated carbocycles. The van der Waals surface area contributed by atoms with Gasteiger partial charge in [0, 0.05) is 45.4 Å². The van der Waals surface area contributed by atoms with E-state index in [9.17, 15) is 14.5 Å². The second-order valence-electron chi connectivity index (χ2n) is 5.22. The van der Waals surface area contributed by atoms with Gasteiger partial charge in [0.15, 0.2) is 5.82 Å². The molecule has 1 aromatic rings. The van der Waals surface area contributed by atoms with Crippen LogP contribution in [0.4, 0.5) is 15.8 Å². The number of nitro benzene ring substituents is 1. The Bertz CT molecular complexity index is 504. The van der Waals surface area contributed by atoms with E-state index >= 15 is 0 Å². The van der Waals surface area contributed by atoms with Crippen LogP contribution in [0.3, 0.4) is 0 Å². The number of piperazine rings is 1. The Morgan fingerprint density at radius 1 is 1.38 bits per heavy atom. The van der Waals surface area contributed by atoms with Gasteiger partial charge in [-0.3, -0.25) is 15.0 Å². The van der Waals surface area contributed by atoms with Gasteiger partial charge >= 0.3 is 0 Å². The summed E-state index contributed by atoms with van der Waals surface area (Å²) in [7, 11) is 1.68. The summed E-state index contributed by atoms with van der Waals surface area (Å²) in [5, 5.41) is 10.6. The number of hydrogen-bond donors (Lipinski definition) is 0. The van der Waals surface area contributed by atoms with Crippen LogP contribution >= 0.6 is 0 Å². The third-order valence-corrected chi connectivity index (χ3v) is 3.83. The number of nitrogens with zero attached hydrogens (tertiary/aromatic N) is 3. The van der Waals surface area contributed by atoms with E-state index in [1.54, 1.807) is 7.11 Å². The fourth-order valence-electron chi connectivity index (χ4n) is 2.62. The van der Waals surface area contributed by atoms with Gasteiger partial charge in [0.1, 0.15) is 0 Å². The van der Waals surface area contributed by atoms with Gasteiger partial charge in [-0.15, -0.1) is 0 Å². The summed E-state index contributed by atoms with van der Waals surface area (Å²) < 4.78 is 19.1. The van der Waals surface area contributed by atoms with E-state index in [4.69, 9.17) is 4.74 Å². The zero-order chi connectivity index (χ0) is 15.4. The quantitative estimate of drug-likeness (QED) is 0.613. The molecule has 1 heterocycles. The van der Waals surface area contributed by atoms with Gasteiger partial charge in [-0.2, -0.15) is 0 Å². The SMILES string of the molecule is COC[C@@H](C)N1CCN(c2ccc([N+](=O)[O-])cc2F)CC1. The Morgan fingerprint density at radius 2 is 2.05 bits per heavy atom. The van der Waals surface area contributed by atoms with E-state index in [1.807, 2.05) is 4.90 Å². The molecule has 0 radical (unpaired) electrons. The molecule has 0 aliphatic carbocycles. The van der Waals surface area contributed by atoms with Crippen LogP contribution in [0.25, 0.3) is 0 Å². The van der Waals surface area contributed by atoms with Crippen molar-refractivity contribution in [1.82, 2.24) is 4.90 Å². The van der Waals surface area contributed by atoms with Gasteiger partial charge in [-0.1, -0.05) is 0 Å². The molecule has 1 fully saturated rings. The molecule has 0 spiro atoms. The zero-order valence-electron chi connectivity index (χ0n) is 12.3. The van der Waals surface area contributed by atoms with Crippen LogP contribution in [0.15, 0.2) is 18.2 Å². The van der Waals surface area contributed by atoms with Crippen LogP contribution in [-0.2, 0) is 4.74 Å². The third kappa shape index (κ3) is 3.68. The van der Waals surface area contributed by atoms with E-state index in [1.165, 1.54) is 12.1 Å². The number of benzene rings is 1. The maximum Gasteiger partial charge on any atom is 0.272 e. The predicted molar refractivity (Wildman–Crippen MR) is 78.2 cm³/mol. The standard InChI is InChI=1S/C14H20FN3O3/c1-11(10-21-2)16-5-7-17(8-6-16)14-4-3-12(18(19)20)9-13(14)15/h3-4,9,11H,5-8,10H2,1-2H3/t11-/m1/s1. The Hall–Kier alpha value is -1.73. The minimum Gasteiger partial charge on any atom is -0.383 e. The van der Waals surface area contributed by atoms with Crippen molar-refractivity contribution in [2.24, 2.45) is 0 Å². The molecule has 0 N–H and O–H groups in total.